The molecule has 6 nitrogen and oxygen atoms in total. The molecule has 2 N–H and O–H groups in total. The lowest BCUT2D eigenvalue weighted by molar-refractivity contribution is -0.00609. The van der Waals surface area contributed by atoms with Crippen molar-refractivity contribution in [2.75, 3.05) is 20.5 Å². The fraction of sp³-hybridized carbons (Fsp3) is 0.158. The Morgan fingerprint density at radius 1 is 1.28 bits per heavy atom. The highest BCUT2D eigenvalue weighted by atomic mass is 16.7. The first-order valence-electron chi connectivity index (χ1n) is 7.45. The Balaban J connectivity index is 0.00000151. The molecule has 0 aliphatic carbocycles. The molecule has 0 aromatic heterocycles. The number of benzene rings is 1. The summed E-state index contributed by atoms with van der Waals surface area (Å²) in [5, 5.41) is 11.2. The number of aldehydes is 1. The molecule has 1 aliphatic heterocycles. The van der Waals surface area contributed by atoms with E-state index in [1.165, 1.54) is 0 Å². The number of allylic oxidation sites excluding steroid dienone is 3. The lowest BCUT2D eigenvalue weighted by Crippen LogP contribution is -2.05. The molecule has 132 valence electrons. The number of rotatable bonds is 5. The largest absolute Gasteiger partial charge is 0.468 e. The van der Waals surface area contributed by atoms with Gasteiger partial charge in [-0.2, -0.15) is 5.10 Å². The number of aliphatic hydroxyl groups is 1. The number of hydrogen-bond acceptors (Lipinski definition) is 6. The van der Waals surface area contributed by atoms with Crippen LogP contribution in [0.5, 0.6) is 0 Å². The van der Waals surface area contributed by atoms with Crippen LogP contribution >= 0.6 is 0 Å². The molecule has 0 spiro atoms. The molecule has 0 bridgehead atoms. The molecule has 1 heterocycles. The van der Waals surface area contributed by atoms with E-state index < -0.39 is 0 Å². The molecule has 25 heavy (non-hydrogen) atoms. The van der Waals surface area contributed by atoms with Crippen molar-refractivity contribution < 1.29 is 19.4 Å². The van der Waals surface area contributed by atoms with E-state index in [2.05, 4.69) is 23.7 Å². The van der Waals surface area contributed by atoms with Crippen LogP contribution in [0.2, 0.25) is 0 Å². The normalized spacial score (nSPS) is 17.5. The van der Waals surface area contributed by atoms with E-state index in [0.717, 1.165) is 30.2 Å². The van der Waals surface area contributed by atoms with Gasteiger partial charge in [0.05, 0.1) is 18.5 Å². The molecular weight excluding hydrogens is 320 g/mol. The van der Waals surface area contributed by atoms with Crippen molar-refractivity contribution in [3.05, 3.63) is 78.2 Å². The highest BCUT2D eigenvalue weighted by molar-refractivity contribution is 6.08. The first-order chi connectivity index (χ1) is 12.2. The molecular formula is C19H22N2O4. The summed E-state index contributed by atoms with van der Waals surface area (Å²) in [6, 6.07) is 7.13. The van der Waals surface area contributed by atoms with Crippen molar-refractivity contribution in [2.24, 2.45) is 5.10 Å². The van der Waals surface area contributed by atoms with Crippen molar-refractivity contribution in [3.63, 3.8) is 0 Å². The zero-order chi connectivity index (χ0) is 18.5. The number of aliphatic hydroxyl groups excluding tert-OH is 1. The Morgan fingerprint density at radius 2 is 2.00 bits per heavy atom. The number of carbonyl (C=O) groups excluding carboxylic acids is 1. The fourth-order valence-corrected chi connectivity index (χ4v) is 1.73. The molecule has 0 unspecified atom stereocenters. The van der Waals surface area contributed by atoms with Crippen molar-refractivity contribution in [1.29, 1.82) is 0 Å². The predicted molar refractivity (Wildman–Crippen MR) is 98.9 cm³/mol. The Hall–Kier alpha value is -2.96. The van der Waals surface area contributed by atoms with Crippen molar-refractivity contribution in [3.8, 4) is 0 Å². The molecule has 0 saturated carbocycles. The minimum Gasteiger partial charge on any atom is -0.468 e. The summed E-state index contributed by atoms with van der Waals surface area (Å²) >= 11 is 0. The van der Waals surface area contributed by atoms with Gasteiger partial charge in [-0.1, -0.05) is 37.4 Å². The van der Waals surface area contributed by atoms with E-state index in [-0.39, 0.29) is 6.79 Å². The van der Waals surface area contributed by atoms with Gasteiger partial charge in [0.15, 0.2) is 6.79 Å². The molecule has 2 rings (SSSR count). The first-order valence-corrected chi connectivity index (χ1v) is 7.45. The molecule has 1 aromatic carbocycles. The number of carbonyl (C=O) groups is 1. The SMILES string of the molecule is C=C1/C=C\C(N/N=C\C(=C)c2ccc(C=O)cc2)=C/COCO1.CO. The monoisotopic (exact) mass is 342 g/mol. The summed E-state index contributed by atoms with van der Waals surface area (Å²) in [5.41, 5.74) is 5.92. The average molecular weight is 342 g/mol. The number of nitrogens with one attached hydrogen (secondary N) is 1. The quantitative estimate of drug-likeness (QED) is 0.488. The highest BCUT2D eigenvalue weighted by Gasteiger charge is 1.98. The van der Waals surface area contributed by atoms with Crippen molar-refractivity contribution in [1.82, 2.24) is 5.43 Å². The van der Waals surface area contributed by atoms with E-state index >= 15 is 0 Å². The van der Waals surface area contributed by atoms with Crippen LogP contribution in [0.25, 0.3) is 5.57 Å². The summed E-state index contributed by atoms with van der Waals surface area (Å²) in [7, 11) is 1.00. The minimum absolute atomic E-state index is 0.170. The van der Waals surface area contributed by atoms with Gasteiger partial charge in [-0.3, -0.25) is 10.2 Å². The highest BCUT2D eigenvalue weighted by Crippen LogP contribution is 2.11. The molecule has 0 amide bonds. The van der Waals surface area contributed by atoms with Crippen LogP contribution in [0, 0.1) is 0 Å². The van der Waals surface area contributed by atoms with Crippen LogP contribution in [0.15, 0.2) is 72.2 Å². The lowest BCUT2D eigenvalue weighted by atomic mass is 10.1. The van der Waals surface area contributed by atoms with Crippen molar-refractivity contribution in [2.45, 2.75) is 0 Å². The van der Waals surface area contributed by atoms with Gasteiger partial charge in [-0.05, 0) is 29.4 Å². The molecule has 1 aliphatic rings. The van der Waals surface area contributed by atoms with Gasteiger partial charge in [0.1, 0.15) is 12.0 Å². The number of nitrogens with zero attached hydrogens (tertiary/aromatic N) is 1. The first kappa shape index (κ1) is 20.1. The van der Waals surface area contributed by atoms with Crippen LogP contribution in [-0.2, 0) is 9.47 Å². The van der Waals surface area contributed by atoms with Gasteiger partial charge in [-0.15, -0.1) is 0 Å². The zero-order valence-corrected chi connectivity index (χ0v) is 14.1. The fourth-order valence-electron chi connectivity index (χ4n) is 1.73. The molecule has 0 radical (unpaired) electrons. The van der Waals surface area contributed by atoms with Crippen LogP contribution in [0.4, 0.5) is 0 Å². The van der Waals surface area contributed by atoms with E-state index in [0.29, 0.717) is 17.9 Å². The summed E-state index contributed by atoms with van der Waals surface area (Å²) in [4.78, 5) is 10.6. The average Bonchev–Trinajstić information content (AvgIpc) is 2.76. The minimum atomic E-state index is 0.170. The smallest absolute Gasteiger partial charge is 0.189 e. The third-order valence-corrected chi connectivity index (χ3v) is 3.03. The number of hydrogen-bond donors (Lipinski definition) is 2. The second kappa shape index (κ2) is 11.6. The Bertz CT molecular complexity index is 673. The summed E-state index contributed by atoms with van der Waals surface area (Å²) in [6.45, 7) is 8.26. The molecule has 1 aromatic rings. The van der Waals surface area contributed by atoms with Crippen LogP contribution in [0.3, 0.4) is 0 Å². The maximum atomic E-state index is 10.6. The Morgan fingerprint density at radius 3 is 2.68 bits per heavy atom. The van der Waals surface area contributed by atoms with Gasteiger partial charge >= 0.3 is 0 Å². The molecule has 0 fully saturated rings. The van der Waals surface area contributed by atoms with Gasteiger partial charge < -0.3 is 14.6 Å². The maximum absolute atomic E-state index is 10.6. The Labute approximate surface area is 147 Å². The van der Waals surface area contributed by atoms with E-state index in [1.54, 1.807) is 30.5 Å². The lowest BCUT2D eigenvalue weighted by Gasteiger charge is -2.03. The van der Waals surface area contributed by atoms with E-state index in [4.69, 9.17) is 14.6 Å². The van der Waals surface area contributed by atoms with Crippen molar-refractivity contribution >= 4 is 18.1 Å². The van der Waals surface area contributed by atoms with E-state index in [9.17, 15) is 4.79 Å². The number of hydrazone groups is 1. The second-order valence-corrected chi connectivity index (χ2v) is 4.73. The predicted octanol–water partition coefficient (Wildman–Crippen LogP) is 2.65. The van der Waals surface area contributed by atoms with Gasteiger partial charge in [0, 0.05) is 12.7 Å². The third-order valence-electron chi connectivity index (χ3n) is 3.03. The molecule has 0 saturated heterocycles. The second-order valence-electron chi connectivity index (χ2n) is 4.73. The zero-order valence-electron chi connectivity index (χ0n) is 14.1. The van der Waals surface area contributed by atoms with E-state index in [1.807, 2.05) is 18.2 Å². The van der Waals surface area contributed by atoms with Crippen LogP contribution in [-0.4, -0.2) is 38.1 Å². The third kappa shape index (κ3) is 7.43. The standard InChI is InChI=1S/C18H18N2O3.CH4O/c1-14(17-6-4-16(12-21)5-7-17)11-19-20-18-8-3-15(2)23-13-22-10-9-18;1-2/h3-9,11-12,20H,1-2,10,13H2;2H,1H3/b8-3-,18-9+,19-11-;. The summed E-state index contributed by atoms with van der Waals surface area (Å²) in [6.07, 6.45) is 7.80. The maximum Gasteiger partial charge on any atom is 0.189 e. The van der Waals surface area contributed by atoms with Gasteiger partial charge in [0.2, 0.25) is 0 Å². The summed E-state index contributed by atoms with van der Waals surface area (Å²) < 4.78 is 10.4. The van der Waals surface area contributed by atoms with Gasteiger partial charge in [-0.25, -0.2) is 0 Å². The molecule has 0 atom stereocenters. The number of ether oxygens (including phenoxy) is 2. The van der Waals surface area contributed by atoms with Crippen LogP contribution in [0.1, 0.15) is 15.9 Å². The van der Waals surface area contributed by atoms with Gasteiger partial charge in [0.25, 0.3) is 0 Å². The topological polar surface area (TPSA) is 80.2 Å². The Kier molecular flexibility index (Phi) is 9.28. The summed E-state index contributed by atoms with van der Waals surface area (Å²) in [5.74, 6) is 0.517. The molecule has 6 heteroatoms. The van der Waals surface area contributed by atoms with Crippen LogP contribution < -0.4 is 5.43 Å².